The van der Waals surface area contributed by atoms with Gasteiger partial charge in [0.05, 0.1) is 10.6 Å². The SMILES string of the molecule is C/C(=N/NC(=O)c1cc2c(s1)CC[C@H](C)C2)c1ccncc1. The molecule has 0 fully saturated rings. The van der Waals surface area contributed by atoms with Gasteiger partial charge in [-0.05, 0) is 55.9 Å². The van der Waals surface area contributed by atoms with E-state index in [0.29, 0.717) is 5.92 Å². The number of rotatable bonds is 3. The maximum Gasteiger partial charge on any atom is 0.281 e. The van der Waals surface area contributed by atoms with Gasteiger partial charge in [0.15, 0.2) is 0 Å². The topological polar surface area (TPSA) is 54.4 Å². The summed E-state index contributed by atoms with van der Waals surface area (Å²) >= 11 is 1.60. The lowest BCUT2D eigenvalue weighted by Crippen LogP contribution is -2.18. The maximum atomic E-state index is 12.3. The zero-order valence-electron chi connectivity index (χ0n) is 12.8. The molecule has 2 aromatic heterocycles. The molecule has 1 atom stereocenters. The van der Waals surface area contributed by atoms with Crippen molar-refractivity contribution in [2.24, 2.45) is 11.0 Å². The van der Waals surface area contributed by atoms with E-state index >= 15 is 0 Å². The minimum Gasteiger partial charge on any atom is -0.266 e. The zero-order chi connectivity index (χ0) is 15.5. The summed E-state index contributed by atoms with van der Waals surface area (Å²) in [5, 5.41) is 4.19. The Morgan fingerprint density at radius 3 is 2.95 bits per heavy atom. The molecule has 114 valence electrons. The van der Waals surface area contributed by atoms with Gasteiger partial charge in [-0.15, -0.1) is 11.3 Å². The van der Waals surface area contributed by atoms with Crippen molar-refractivity contribution in [3.8, 4) is 0 Å². The van der Waals surface area contributed by atoms with Crippen LogP contribution >= 0.6 is 11.3 Å². The fraction of sp³-hybridized carbons (Fsp3) is 0.353. The molecule has 4 nitrogen and oxygen atoms in total. The third-order valence-electron chi connectivity index (χ3n) is 3.98. The Morgan fingerprint density at radius 2 is 2.18 bits per heavy atom. The molecule has 0 spiro atoms. The van der Waals surface area contributed by atoms with E-state index in [1.165, 1.54) is 16.9 Å². The second kappa shape index (κ2) is 6.40. The van der Waals surface area contributed by atoms with E-state index in [4.69, 9.17) is 0 Å². The highest BCUT2D eigenvalue weighted by molar-refractivity contribution is 7.14. The summed E-state index contributed by atoms with van der Waals surface area (Å²) in [6.45, 7) is 4.14. The molecule has 0 aliphatic heterocycles. The number of hydrogen-bond donors (Lipinski definition) is 1. The number of nitrogens with one attached hydrogen (secondary N) is 1. The number of aryl methyl sites for hydroxylation is 1. The second-order valence-corrected chi connectivity index (χ2v) is 6.92. The predicted octanol–water partition coefficient (Wildman–Crippen LogP) is 3.42. The molecule has 0 saturated heterocycles. The first-order valence-corrected chi connectivity index (χ1v) is 8.31. The summed E-state index contributed by atoms with van der Waals surface area (Å²) in [5.41, 5.74) is 5.72. The molecule has 0 saturated carbocycles. The van der Waals surface area contributed by atoms with Gasteiger partial charge < -0.3 is 0 Å². The van der Waals surface area contributed by atoms with Crippen LogP contribution in [0.1, 0.15) is 45.9 Å². The summed E-state index contributed by atoms with van der Waals surface area (Å²) < 4.78 is 0. The van der Waals surface area contributed by atoms with Crippen molar-refractivity contribution >= 4 is 23.0 Å². The normalized spacial score (nSPS) is 17.9. The van der Waals surface area contributed by atoms with Crippen molar-refractivity contribution in [2.45, 2.75) is 33.1 Å². The van der Waals surface area contributed by atoms with E-state index in [1.54, 1.807) is 23.7 Å². The maximum absolute atomic E-state index is 12.3. The highest BCUT2D eigenvalue weighted by Crippen LogP contribution is 2.32. The third kappa shape index (κ3) is 3.25. The first kappa shape index (κ1) is 14.9. The average Bonchev–Trinajstić information content (AvgIpc) is 2.96. The number of nitrogens with zero attached hydrogens (tertiary/aromatic N) is 2. The smallest absolute Gasteiger partial charge is 0.266 e. The molecule has 1 aliphatic rings. The molecule has 0 unspecified atom stereocenters. The molecule has 1 aliphatic carbocycles. The van der Waals surface area contributed by atoms with Crippen LogP contribution in [0.5, 0.6) is 0 Å². The Bertz CT molecular complexity index is 706. The Kier molecular flexibility index (Phi) is 4.34. The van der Waals surface area contributed by atoms with Gasteiger partial charge in [0.25, 0.3) is 5.91 Å². The summed E-state index contributed by atoms with van der Waals surface area (Å²) in [7, 11) is 0. The van der Waals surface area contributed by atoms with E-state index in [9.17, 15) is 4.79 Å². The number of carbonyl (C=O) groups excluding carboxylic acids is 1. The second-order valence-electron chi connectivity index (χ2n) is 5.78. The van der Waals surface area contributed by atoms with Crippen molar-refractivity contribution in [1.82, 2.24) is 10.4 Å². The monoisotopic (exact) mass is 313 g/mol. The fourth-order valence-corrected chi connectivity index (χ4v) is 3.76. The number of hydrazone groups is 1. The van der Waals surface area contributed by atoms with Crippen molar-refractivity contribution in [1.29, 1.82) is 0 Å². The lowest BCUT2D eigenvalue weighted by molar-refractivity contribution is 0.0959. The lowest BCUT2D eigenvalue weighted by Gasteiger charge is -2.16. The van der Waals surface area contributed by atoms with Gasteiger partial charge in [0.2, 0.25) is 0 Å². The number of carbonyl (C=O) groups is 1. The lowest BCUT2D eigenvalue weighted by atomic mass is 9.90. The van der Waals surface area contributed by atoms with Crippen LogP contribution in [-0.4, -0.2) is 16.6 Å². The number of aromatic nitrogens is 1. The zero-order valence-corrected chi connectivity index (χ0v) is 13.6. The first-order valence-electron chi connectivity index (χ1n) is 7.50. The molecular weight excluding hydrogens is 294 g/mol. The van der Waals surface area contributed by atoms with Crippen LogP contribution in [0.4, 0.5) is 0 Å². The first-order chi connectivity index (χ1) is 10.6. The molecule has 3 rings (SSSR count). The molecule has 5 heteroatoms. The van der Waals surface area contributed by atoms with Gasteiger partial charge >= 0.3 is 0 Å². The highest BCUT2D eigenvalue weighted by Gasteiger charge is 2.20. The van der Waals surface area contributed by atoms with Gasteiger partial charge in [-0.25, -0.2) is 5.43 Å². The van der Waals surface area contributed by atoms with Gasteiger partial charge in [-0.2, -0.15) is 5.10 Å². The molecule has 0 radical (unpaired) electrons. The summed E-state index contributed by atoms with van der Waals surface area (Å²) in [5.74, 6) is 0.588. The van der Waals surface area contributed by atoms with E-state index in [2.05, 4.69) is 22.4 Å². The van der Waals surface area contributed by atoms with E-state index in [0.717, 1.165) is 29.0 Å². The van der Waals surface area contributed by atoms with Crippen LogP contribution in [0.15, 0.2) is 35.7 Å². The summed E-state index contributed by atoms with van der Waals surface area (Å²) in [4.78, 5) is 18.3. The Morgan fingerprint density at radius 1 is 1.41 bits per heavy atom. The van der Waals surface area contributed by atoms with Gasteiger partial charge in [0.1, 0.15) is 0 Å². The van der Waals surface area contributed by atoms with Crippen LogP contribution in [0, 0.1) is 5.92 Å². The van der Waals surface area contributed by atoms with Crippen molar-refractivity contribution in [2.75, 3.05) is 0 Å². The molecule has 22 heavy (non-hydrogen) atoms. The van der Waals surface area contributed by atoms with E-state index in [1.807, 2.05) is 25.1 Å². The number of hydrogen-bond acceptors (Lipinski definition) is 4. The van der Waals surface area contributed by atoms with Crippen molar-refractivity contribution < 1.29 is 4.79 Å². The Labute approximate surface area is 134 Å². The van der Waals surface area contributed by atoms with E-state index in [-0.39, 0.29) is 5.91 Å². The predicted molar refractivity (Wildman–Crippen MR) is 89.4 cm³/mol. The molecule has 0 bridgehead atoms. The molecule has 2 aromatic rings. The van der Waals surface area contributed by atoms with E-state index < -0.39 is 0 Å². The minimum atomic E-state index is -0.125. The Hall–Kier alpha value is -2.01. The van der Waals surface area contributed by atoms with Crippen LogP contribution in [0.3, 0.4) is 0 Å². The average molecular weight is 313 g/mol. The standard InChI is InChI=1S/C17H19N3OS/c1-11-3-4-15-14(9-11)10-16(22-15)17(21)20-19-12(2)13-5-7-18-8-6-13/h5-8,10-11H,3-4,9H2,1-2H3,(H,20,21)/b19-12-/t11-/m0/s1. The van der Waals surface area contributed by atoms with Crippen molar-refractivity contribution in [3.63, 3.8) is 0 Å². The highest BCUT2D eigenvalue weighted by atomic mass is 32.1. The Balaban J connectivity index is 1.70. The molecule has 1 amide bonds. The number of thiophene rings is 1. The molecule has 2 heterocycles. The number of fused-ring (bicyclic) bond motifs is 1. The van der Waals surface area contributed by atoms with Crippen LogP contribution in [-0.2, 0) is 12.8 Å². The van der Waals surface area contributed by atoms with Gasteiger partial charge in [-0.3, -0.25) is 9.78 Å². The largest absolute Gasteiger partial charge is 0.281 e. The fourth-order valence-electron chi connectivity index (χ4n) is 2.67. The number of pyridine rings is 1. The van der Waals surface area contributed by atoms with Crippen LogP contribution in [0.2, 0.25) is 0 Å². The van der Waals surface area contributed by atoms with Crippen LogP contribution < -0.4 is 5.43 Å². The minimum absolute atomic E-state index is 0.125. The molecule has 0 aromatic carbocycles. The van der Waals surface area contributed by atoms with Gasteiger partial charge in [0, 0.05) is 22.8 Å². The van der Waals surface area contributed by atoms with Crippen LogP contribution in [0.25, 0.3) is 0 Å². The summed E-state index contributed by atoms with van der Waals surface area (Å²) in [6, 6.07) is 5.77. The summed E-state index contributed by atoms with van der Waals surface area (Å²) in [6.07, 6.45) is 6.81. The van der Waals surface area contributed by atoms with Crippen molar-refractivity contribution in [3.05, 3.63) is 51.5 Å². The quantitative estimate of drug-likeness (QED) is 0.697. The molecular formula is C17H19N3OS. The number of amides is 1. The van der Waals surface area contributed by atoms with Gasteiger partial charge in [-0.1, -0.05) is 6.92 Å². The molecule has 1 N–H and O–H groups in total. The third-order valence-corrected chi connectivity index (χ3v) is 5.21.